The molecule has 7 N–H and O–H groups in total. The van der Waals surface area contributed by atoms with Crippen molar-refractivity contribution in [3.8, 4) is 11.1 Å². The number of pyridine rings is 2. The Kier molecular flexibility index (Phi) is 10.4. The fraction of sp³-hybridized carbons (Fsp3) is 0.390. The molecular weight excluding hydrogens is 672 g/mol. The van der Waals surface area contributed by atoms with Crippen LogP contribution in [-0.2, 0) is 17.9 Å². The van der Waals surface area contributed by atoms with Gasteiger partial charge < -0.3 is 31.3 Å². The van der Waals surface area contributed by atoms with Crippen LogP contribution in [0.1, 0.15) is 105 Å². The van der Waals surface area contributed by atoms with Gasteiger partial charge in [0.2, 0.25) is 0 Å². The first-order chi connectivity index (χ1) is 25.5. The summed E-state index contributed by atoms with van der Waals surface area (Å²) in [5.41, 5.74) is 8.85. The summed E-state index contributed by atoms with van der Waals surface area (Å²) in [6.07, 6.45) is 9.19. The van der Waals surface area contributed by atoms with Gasteiger partial charge in [-0.3, -0.25) is 29.7 Å². The summed E-state index contributed by atoms with van der Waals surface area (Å²) in [6.45, 7) is 4.75. The third kappa shape index (κ3) is 8.47. The zero-order valence-electron chi connectivity index (χ0n) is 30.0. The molecule has 0 unspecified atom stereocenters. The van der Waals surface area contributed by atoms with Crippen molar-refractivity contribution in [1.82, 2.24) is 20.6 Å². The van der Waals surface area contributed by atoms with Gasteiger partial charge in [-0.2, -0.15) is 0 Å². The number of carboxylic acid groups (broad SMARTS) is 1. The molecule has 0 spiro atoms. The van der Waals surface area contributed by atoms with Gasteiger partial charge in [0.15, 0.2) is 0 Å². The number of aliphatic carboxylic acids is 1. The Labute approximate surface area is 308 Å². The second kappa shape index (κ2) is 15.2. The van der Waals surface area contributed by atoms with Crippen LogP contribution in [0.3, 0.4) is 0 Å². The summed E-state index contributed by atoms with van der Waals surface area (Å²) in [6, 6.07) is 14.1. The number of hydrogen-bond acceptors (Lipinski definition) is 9. The van der Waals surface area contributed by atoms with Gasteiger partial charge in [0.05, 0.1) is 12.2 Å². The predicted molar refractivity (Wildman–Crippen MR) is 201 cm³/mol. The molecule has 0 saturated heterocycles. The number of amides is 2. The van der Waals surface area contributed by atoms with Crippen LogP contribution in [0.25, 0.3) is 11.1 Å². The van der Waals surface area contributed by atoms with Crippen LogP contribution in [0.15, 0.2) is 60.9 Å². The number of aromatic nitrogens is 2. The van der Waals surface area contributed by atoms with E-state index in [1.165, 1.54) is 0 Å². The molecule has 53 heavy (non-hydrogen) atoms. The number of aliphatic hydroxyl groups is 2. The molecule has 7 rings (SSSR count). The third-order valence-electron chi connectivity index (χ3n) is 10.6. The average Bonchev–Trinajstić information content (AvgIpc) is 4.00. The quantitative estimate of drug-likeness (QED) is 0.0816. The number of carbonyl (C=O) groups is 3. The first-order valence-corrected chi connectivity index (χ1v) is 18.3. The van der Waals surface area contributed by atoms with E-state index in [1.807, 2.05) is 56.3 Å². The lowest BCUT2D eigenvalue weighted by Gasteiger charge is -2.17. The van der Waals surface area contributed by atoms with Gasteiger partial charge in [0.25, 0.3) is 11.8 Å². The molecule has 2 heterocycles. The Bertz CT molecular complexity index is 2050. The minimum Gasteiger partial charge on any atom is -0.480 e. The molecule has 0 aliphatic heterocycles. The van der Waals surface area contributed by atoms with E-state index in [2.05, 4.69) is 31.2 Å². The third-order valence-corrected chi connectivity index (χ3v) is 10.6. The molecular formula is C41H46N6O6. The van der Waals surface area contributed by atoms with Crippen molar-refractivity contribution in [2.45, 2.75) is 88.9 Å². The summed E-state index contributed by atoms with van der Waals surface area (Å²) < 4.78 is 0. The number of carbonyl (C=O) groups excluding carboxylic acids is 2. The van der Waals surface area contributed by atoms with Gasteiger partial charge in [-0.25, -0.2) is 0 Å². The number of aliphatic hydroxyl groups excluding tert-OH is 1. The smallest absolute Gasteiger partial charge is 0.323 e. The SMILES string of the molecule is Cc1c(NC(=O)c2cc(C3CC3)c(CNCC3(O)CC3)cn2)cccc1-c1cccc(NC(=O)c2cc(C3CC3)c(CN[C@H](CO)C(=O)O)cn2)c1C. The molecule has 276 valence electrons. The Hall–Kier alpha value is -5.01. The molecule has 3 fully saturated rings. The maximum Gasteiger partial charge on any atom is 0.323 e. The van der Waals surface area contributed by atoms with Gasteiger partial charge in [0.1, 0.15) is 17.4 Å². The van der Waals surface area contributed by atoms with E-state index in [1.54, 1.807) is 18.5 Å². The monoisotopic (exact) mass is 718 g/mol. The standard InChI is InChI=1S/C41H46N6O6/c1-23-29(5-3-7-33(23)46-38(49)35-15-31(25-9-10-25)27(18-43-35)17-42-22-41(53)13-14-41)30-6-4-8-34(24(30)2)47-39(50)36-16-32(26-11-12-26)28(19-44-36)20-45-37(21-48)40(51)52/h3-8,15-16,18-19,25-26,37,42,45,48,53H,9-14,17,20-22H2,1-2H3,(H,46,49)(H,47,50)(H,51,52)/t37-/m1/s1. The molecule has 0 bridgehead atoms. The van der Waals surface area contributed by atoms with E-state index < -0.39 is 24.2 Å². The van der Waals surface area contributed by atoms with Crippen LogP contribution in [0.2, 0.25) is 0 Å². The van der Waals surface area contributed by atoms with Gasteiger partial charge >= 0.3 is 5.97 Å². The number of nitrogens with zero attached hydrogens (tertiary/aromatic N) is 2. The Morgan fingerprint density at radius 2 is 1.28 bits per heavy atom. The second-order valence-corrected chi connectivity index (χ2v) is 14.7. The Morgan fingerprint density at radius 3 is 1.72 bits per heavy atom. The minimum absolute atomic E-state index is 0.215. The summed E-state index contributed by atoms with van der Waals surface area (Å²) in [5, 5.41) is 41.1. The van der Waals surface area contributed by atoms with Crippen LogP contribution in [0, 0.1) is 13.8 Å². The molecule has 1 atom stereocenters. The highest BCUT2D eigenvalue weighted by Crippen LogP contribution is 2.43. The highest BCUT2D eigenvalue weighted by Gasteiger charge is 2.39. The molecule has 0 radical (unpaired) electrons. The topological polar surface area (TPSA) is 186 Å². The lowest BCUT2D eigenvalue weighted by atomic mass is 9.94. The largest absolute Gasteiger partial charge is 0.480 e. The molecule has 3 aliphatic rings. The molecule has 2 aromatic carbocycles. The average molecular weight is 719 g/mol. The second-order valence-electron chi connectivity index (χ2n) is 14.7. The van der Waals surface area contributed by atoms with Crippen LogP contribution >= 0.6 is 0 Å². The molecule has 2 amide bonds. The van der Waals surface area contributed by atoms with Crippen LogP contribution in [0.5, 0.6) is 0 Å². The van der Waals surface area contributed by atoms with E-state index in [9.17, 15) is 29.7 Å². The number of rotatable bonds is 16. The number of nitrogens with one attached hydrogen (secondary N) is 4. The number of anilines is 2. The van der Waals surface area contributed by atoms with E-state index in [0.717, 1.165) is 83.0 Å². The highest BCUT2D eigenvalue weighted by molar-refractivity contribution is 6.05. The van der Waals surface area contributed by atoms with E-state index in [-0.39, 0.29) is 30.0 Å². The maximum absolute atomic E-state index is 13.5. The van der Waals surface area contributed by atoms with Crippen LogP contribution in [0.4, 0.5) is 11.4 Å². The Morgan fingerprint density at radius 1 is 0.792 bits per heavy atom. The van der Waals surface area contributed by atoms with Crippen molar-refractivity contribution in [3.63, 3.8) is 0 Å². The van der Waals surface area contributed by atoms with Crippen LogP contribution in [-0.4, -0.2) is 67.9 Å². The number of benzene rings is 2. The van der Waals surface area contributed by atoms with E-state index in [0.29, 0.717) is 36.1 Å². The summed E-state index contributed by atoms with van der Waals surface area (Å²) >= 11 is 0. The molecule has 3 aliphatic carbocycles. The van der Waals surface area contributed by atoms with Gasteiger partial charge in [0, 0.05) is 43.4 Å². The fourth-order valence-corrected chi connectivity index (χ4v) is 6.80. The van der Waals surface area contributed by atoms with Crippen molar-refractivity contribution in [2.24, 2.45) is 0 Å². The number of hydrogen-bond donors (Lipinski definition) is 7. The van der Waals surface area contributed by atoms with Crippen LogP contribution < -0.4 is 21.3 Å². The lowest BCUT2D eigenvalue weighted by Crippen LogP contribution is -2.39. The normalized spacial score (nSPS) is 16.5. The van der Waals surface area contributed by atoms with Gasteiger partial charge in [-0.1, -0.05) is 24.3 Å². The van der Waals surface area contributed by atoms with Crippen molar-refractivity contribution in [2.75, 3.05) is 23.8 Å². The molecule has 4 aromatic rings. The minimum atomic E-state index is -1.13. The lowest BCUT2D eigenvalue weighted by molar-refractivity contribution is -0.140. The van der Waals surface area contributed by atoms with Crippen molar-refractivity contribution in [1.29, 1.82) is 0 Å². The first kappa shape index (κ1) is 36.4. The van der Waals surface area contributed by atoms with Gasteiger partial charge in [-0.15, -0.1) is 0 Å². The number of carboxylic acids is 1. The zero-order valence-corrected chi connectivity index (χ0v) is 30.0. The summed E-state index contributed by atoms with van der Waals surface area (Å²) in [5.74, 6) is -1.07. The van der Waals surface area contributed by atoms with Crippen molar-refractivity contribution < 1.29 is 29.7 Å². The fourth-order valence-electron chi connectivity index (χ4n) is 6.80. The van der Waals surface area contributed by atoms with Gasteiger partial charge in [-0.05, 0) is 133 Å². The first-order valence-electron chi connectivity index (χ1n) is 18.3. The molecule has 12 heteroatoms. The zero-order chi connectivity index (χ0) is 37.3. The summed E-state index contributed by atoms with van der Waals surface area (Å²) in [4.78, 5) is 47.3. The van der Waals surface area contributed by atoms with Crippen molar-refractivity contribution >= 4 is 29.2 Å². The van der Waals surface area contributed by atoms with E-state index in [4.69, 9.17) is 0 Å². The Balaban J connectivity index is 1.05. The maximum atomic E-state index is 13.5. The van der Waals surface area contributed by atoms with E-state index >= 15 is 0 Å². The molecule has 3 saturated carbocycles. The highest BCUT2D eigenvalue weighted by atomic mass is 16.4. The molecule has 2 aromatic heterocycles. The predicted octanol–water partition coefficient (Wildman–Crippen LogP) is 5.17. The molecule has 12 nitrogen and oxygen atoms in total. The van der Waals surface area contributed by atoms with Crippen molar-refractivity contribution in [3.05, 3.63) is 106 Å². The summed E-state index contributed by atoms with van der Waals surface area (Å²) in [7, 11) is 0.